The van der Waals surface area contributed by atoms with Crippen LogP contribution in [0.5, 0.6) is 0 Å². The fourth-order valence-corrected chi connectivity index (χ4v) is 4.59. The summed E-state index contributed by atoms with van der Waals surface area (Å²) in [6.07, 6.45) is 1.39. The maximum absolute atomic E-state index is 13.1. The number of amides is 1. The van der Waals surface area contributed by atoms with Crippen molar-refractivity contribution in [2.75, 3.05) is 17.7 Å². The molecule has 0 aliphatic heterocycles. The number of aromatic nitrogens is 5. The third-order valence-corrected chi connectivity index (χ3v) is 6.46. The number of anilines is 1. The summed E-state index contributed by atoms with van der Waals surface area (Å²) < 4.78 is 8.60. The minimum Gasteiger partial charge on any atom is -0.462 e. The van der Waals surface area contributed by atoms with Gasteiger partial charge < -0.3 is 10.1 Å². The van der Waals surface area contributed by atoms with Gasteiger partial charge in [0.15, 0.2) is 16.8 Å². The highest BCUT2D eigenvalue weighted by atomic mass is 32.2. The van der Waals surface area contributed by atoms with Crippen molar-refractivity contribution in [2.45, 2.75) is 12.1 Å². The maximum Gasteiger partial charge on any atom is 0.343 e. The molecule has 5 rings (SSSR count). The van der Waals surface area contributed by atoms with Crippen molar-refractivity contribution in [3.8, 4) is 22.8 Å². The summed E-state index contributed by atoms with van der Waals surface area (Å²) in [6.45, 7) is 1.93. The molecule has 0 saturated heterocycles. The highest BCUT2D eigenvalue weighted by molar-refractivity contribution is 7.99. The summed E-state index contributed by atoms with van der Waals surface area (Å²) >= 11 is 1.24. The third-order valence-electron chi connectivity index (χ3n) is 5.54. The number of rotatable bonds is 9. The van der Waals surface area contributed by atoms with Gasteiger partial charge >= 0.3 is 5.97 Å². The number of para-hydroxylation sites is 2. The van der Waals surface area contributed by atoms with Crippen LogP contribution in [0.1, 0.15) is 17.3 Å². The lowest BCUT2D eigenvalue weighted by atomic mass is 10.2. The van der Waals surface area contributed by atoms with Crippen LogP contribution in [-0.4, -0.2) is 48.8 Å². The van der Waals surface area contributed by atoms with Crippen LogP contribution in [0, 0.1) is 0 Å². The number of carbonyl (C=O) groups is 2. The predicted octanol–water partition coefficient (Wildman–Crippen LogP) is 5.03. The van der Waals surface area contributed by atoms with Crippen LogP contribution in [0.15, 0.2) is 102 Å². The summed E-state index contributed by atoms with van der Waals surface area (Å²) in [6, 6.07) is 28.7. The van der Waals surface area contributed by atoms with E-state index in [-0.39, 0.29) is 29.6 Å². The van der Waals surface area contributed by atoms with Crippen LogP contribution in [0.25, 0.3) is 22.8 Å². The van der Waals surface area contributed by atoms with Crippen LogP contribution in [0.3, 0.4) is 0 Å². The van der Waals surface area contributed by atoms with Gasteiger partial charge in [0.2, 0.25) is 5.91 Å². The molecule has 2 heterocycles. The summed E-state index contributed by atoms with van der Waals surface area (Å²) in [5.41, 5.74) is 2.66. The van der Waals surface area contributed by atoms with E-state index in [1.807, 2.05) is 95.6 Å². The van der Waals surface area contributed by atoms with Gasteiger partial charge in [-0.2, -0.15) is 5.10 Å². The number of esters is 1. The average Bonchev–Trinajstić information content (AvgIpc) is 3.58. The zero-order chi connectivity index (χ0) is 26.3. The first-order valence-electron chi connectivity index (χ1n) is 11.9. The van der Waals surface area contributed by atoms with Gasteiger partial charge in [0.05, 0.1) is 24.2 Å². The second-order valence-electron chi connectivity index (χ2n) is 8.05. The molecule has 190 valence electrons. The first-order valence-corrected chi connectivity index (χ1v) is 12.9. The van der Waals surface area contributed by atoms with E-state index in [2.05, 4.69) is 20.6 Å². The minimum absolute atomic E-state index is 0.0298. The van der Waals surface area contributed by atoms with E-state index in [9.17, 15) is 9.59 Å². The van der Waals surface area contributed by atoms with Crippen LogP contribution < -0.4 is 5.32 Å². The molecule has 0 bridgehead atoms. The quantitative estimate of drug-likeness (QED) is 0.213. The van der Waals surface area contributed by atoms with E-state index >= 15 is 0 Å². The Hall–Kier alpha value is -4.70. The van der Waals surface area contributed by atoms with Crippen LogP contribution >= 0.6 is 11.8 Å². The van der Waals surface area contributed by atoms with Gasteiger partial charge in [0.1, 0.15) is 5.56 Å². The second kappa shape index (κ2) is 11.6. The lowest BCUT2D eigenvalue weighted by molar-refractivity contribution is -0.113. The standard InChI is InChI=1S/C28H24N6O3S/c1-2-37-27(36)23-18-29-34(22-16-10-5-11-17-22)26(23)30-24(35)19-38-28-32-31-25(20-12-6-3-7-13-20)33(28)21-14-8-4-9-15-21/h3-18H,2,19H2,1H3,(H,30,35). The van der Waals surface area contributed by atoms with E-state index in [4.69, 9.17) is 4.74 Å². The van der Waals surface area contributed by atoms with Gasteiger partial charge in [-0.15, -0.1) is 10.2 Å². The molecule has 38 heavy (non-hydrogen) atoms. The largest absolute Gasteiger partial charge is 0.462 e. The van der Waals surface area contributed by atoms with Gasteiger partial charge in [0, 0.05) is 11.3 Å². The van der Waals surface area contributed by atoms with Gasteiger partial charge in [-0.25, -0.2) is 9.48 Å². The Labute approximate surface area is 223 Å². The average molecular weight is 525 g/mol. The number of thioether (sulfide) groups is 1. The molecular formula is C28H24N6O3S. The number of ether oxygens (including phenoxy) is 1. The van der Waals surface area contributed by atoms with E-state index in [1.165, 1.54) is 22.6 Å². The van der Waals surface area contributed by atoms with Crippen molar-refractivity contribution >= 4 is 29.5 Å². The number of nitrogens with zero attached hydrogens (tertiary/aromatic N) is 5. The molecular weight excluding hydrogens is 500 g/mol. The van der Waals surface area contributed by atoms with E-state index in [1.54, 1.807) is 6.92 Å². The van der Waals surface area contributed by atoms with Gasteiger partial charge in [0.25, 0.3) is 0 Å². The van der Waals surface area contributed by atoms with Crippen LogP contribution in [-0.2, 0) is 9.53 Å². The Balaban J connectivity index is 1.41. The molecule has 0 aliphatic carbocycles. The number of carbonyl (C=O) groups excluding carboxylic acids is 2. The van der Waals surface area contributed by atoms with Crippen molar-refractivity contribution in [3.05, 3.63) is 103 Å². The predicted molar refractivity (Wildman–Crippen MR) is 146 cm³/mol. The SMILES string of the molecule is CCOC(=O)c1cnn(-c2ccccc2)c1NC(=O)CSc1nnc(-c2ccccc2)n1-c1ccccc1. The number of benzene rings is 3. The molecule has 3 aromatic carbocycles. The fraction of sp³-hybridized carbons (Fsp3) is 0.107. The monoisotopic (exact) mass is 524 g/mol. The fourth-order valence-electron chi connectivity index (χ4n) is 3.84. The molecule has 9 nitrogen and oxygen atoms in total. The molecule has 1 N–H and O–H groups in total. The molecule has 0 atom stereocenters. The summed E-state index contributed by atoms with van der Waals surface area (Å²) in [5, 5.41) is 16.5. The third kappa shape index (κ3) is 5.35. The molecule has 0 unspecified atom stereocenters. The van der Waals surface area contributed by atoms with Crippen molar-refractivity contribution in [1.82, 2.24) is 24.5 Å². The van der Waals surface area contributed by atoms with E-state index in [0.717, 1.165) is 11.3 Å². The molecule has 0 fully saturated rings. The zero-order valence-corrected chi connectivity index (χ0v) is 21.3. The Bertz CT molecular complexity index is 1540. The first-order chi connectivity index (χ1) is 18.7. The molecule has 10 heteroatoms. The molecule has 0 saturated carbocycles. The highest BCUT2D eigenvalue weighted by Crippen LogP contribution is 2.28. The van der Waals surface area contributed by atoms with Crippen LogP contribution in [0.2, 0.25) is 0 Å². The lowest BCUT2D eigenvalue weighted by Gasteiger charge is -2.12. The van der Waals surface area contributed by atoms with Crippen LogP contribution in [0.4, 0.5) is 5.82 Å². The second-order valence-corrected chi connectivity index (χ2v) is 9.00. The molecule has 2 aromatic heterocycles. The van der Waals surface area contributed by atoms with Gasteiger partial charge in [-0.05, 0) is 31.2 Å². The zero-order valence-electron chi connectivity index (χ0n) is 20.5. The molecule has 0 radical (unpaired) electrons. The normalized spacial score (nSPS) is 10.8. The molecule has 5 aromatic rings. The van der Waals surface area contributed by atoms with E-state index < -0.39 is 5.97 Å². The number of nitrogens with one attached hydrogen (secondary N) is 1. The van der Waals surface area contributed by atoms with Crippen molar-refractivity contribution in [1.29, 1.82) is 0 Å². The number of hydrogen-bond acceptors (Lipinski definition) is 7. The first kappa shape index (κ1) is 25.0. The van der Waals surface area contributed by atoms with Gasteiger partial charge in [-0.3, -0.25) is 9.36 Å². The minimum atomic E-state index is -0.561. The van der Waals surface area contributed by atoms with E-state index in [0.29, 0.717) is 16.7 Å². The van der Waals surface area contributed by atoms with Crippen molar-refractivity contribution < 1.29 is 14.3 Å². The Kier molecular flexibility index (Phi) is 7.60. The Morgan fingerprint density at radius 1 is 0.868 bits per heavy atom. The molecule has 1 amide bonds. The highest BCUT2D eigenvalue weighted by Gasteiger charge is 2.23. The summed E-state index contributed by atoms with van der Waals surface area (Å²) in [7, 11) is 0. The number of hydrogen-bond donors (Lipinski definition) is 1. The Morgan fingerprint density at radius 2 is 1.50 bits per heavy atom. The lowest BCUT2D eigenvalue weighted by Crippen LogP contribution is -2.19. The maximum atomic E-state index is 13.1. The summed E-state index contributed by atoms with van der Waals surface area (Å²) in [5.74, 6) is 0.0550. The molecule has 0 spiro atoms. The smallest absolute Gasteiger partial charge is 0.343 e. The topological polar surface area (TPSA) is 104 Å². The summed E-state index contributed by atoms with van der Waals surface area (Å²) in [4.78, 5) is 25.7. The molecule has 0 aliphatic rings. The van der Waals surface area contributed by atoms with Crippen molar-refractivity contribution in [3.63, 3.8) is 0 Å². The Morgan fingerprint density at radius 3 is 2.16 bits per heavy atom. The van der Waals surface area contributed by atoms with Gasteiger partial charge in [-0.1, -0.05) is 78.5 Å². The van der Waals surface area contributed by atoms with Crippen molar-refractivity contribution in [2.24, 2.45) is 0 Å².